The highest BCUT2D eigenvalue weighted by molar-refractivity contribution is 6.30. The molecule has 4 heteroatoms. The number of benzene rings is 1. The summed E-state index contributed by atoms with van der Waals surface area (Å²) in [5, 5.41) is 1.69. The molecule has 20 heavy (non-hydrogen) atoms. The molecule has 1 aliphatic carbocycles. The number of aromatic nitrogens is 1. The number of fused-ring (bicyclic) bond motifs is 1. The van der Waals surface area contributed by atoms with Gasteiger partial charge in [-0.1, -0.05) is 49.1 Å². The van der Waals surface area contributed by atoms with Crippen molar-refractivity contribution in [3.05, 3.63) is 41.0 Å². The molecule has 1 fully saturated rings. The van der Waals surface area contributed by atoms with Crippen LogP contribution < -0.4 is 5.73 Å². The van der Waals surface area contributed by atoms with Gasteiger partial charge in [0.05, 0.1) is 5.52 Å². The Morgan fingerprint density at radius 1 is 1.15 bits per heavy atom. The first-order valence-corrected chi connectivity index (χ1v) is 7.44. The van der Waals surface area contributed by atoms with E-state index in [1.54, 1.807) is 0 Å². The molecule has 1 aromatic heterocycles. The second kappa shape index (κ2) is 6.75. The maximum atomic E-state index is 6.44. The first-order chi connectivity index (χ1) is 9.25. The number of pyridine rings is 1. The van der Waals surface area contributed by atoms with Crippen LogP contribution in [0.2, 0.25) is 5.15 Å². The van der Waals surface area contributed by atoms with E-state index in [2.05, 4.69) is 17.1 Å². The molecule has 1 aromatic carbocycles. The van der Waals surface area contributed by atoms with E-state index in [1.165, 1.54) is 32.1 Å². The Hall–Kier alpha value is -0.830. The van der Waals surface area contributed by atoms with Crippen molar-refractivity contribution in [2.75, 3.05) is 0 Å². The average Bonchev–Trinajstić information content (AvgIpc) is 2.47. The first kappa shape index (κ1) is 15.6. The first-order valence-electron chi connectivity index (χ1n) is 7.06. The quantitative estimate of drug-likeness (QED) is 0.802. The lowest BCUT2D eigenvalue weighted by molar-refractivity contribution is 0.308. The van der Waals surface area contributed by atoms with Gasteiger partial charge >= 0.3 is 0 Å². The predicted molar refractivity (Wildman–Crippen MR) is 87.5 cm³/mol. The Balaban J connectivity index is 0.00000147. The van der Waals surface area contributed by atoms with E-state index in [-0.39, 0.29) is 18.4 Å². The summed E-state index contributed by atoms with van der Waals surface area (Å²) in [6.07, 6.45) is 6.34. The second-order valence-corrected chi connectivity index (χ2v) is 5.84. The topological polar surface area (TPSA) is 38.9 Å². The molecule has 1 heterocycles. The highest BCUT2D eigenvalue weighted by Crippen LogP contribution is 2.36. The molecule has 108 valence electrons. The lowest BCUT2D eigenvalue weighted by Crippen LogP contribution is -2.24. The van der Waals surface area contributed by atoms with Gasteiger partial charge in [0.25, 0.3) is 0 Å². The van der Waals surface area contributed by atoms with Gasteiger partial charge in [-0.05, 0) is 30.9 Å². The lowest BCUT2D eigenvalue weighted by Gasteiger charge is -2.28. The Morgan fingerprint density at radius 3 is 2.60 bits per heavy atom. The summed E-state index contributed by atoms with van der Waals surface area (Å²) in [4.78, 5) is 4.48. The number of para-hydroxylation sites is 1. The molecule has 3 rings (SSSR count). The highest BCUT2D eigenvalue weighted by atomic mass is 35.5. The molecule has 2 aromatic rings. The zero-order valence-corrected chi connectivity index (χ0v) is 13.0. The standard InChI is InChI=1S/C16H19ClN2.ClH/c17-16-13(15(18)11-6-2-1-3-7-11)10-12-8-4-5-9-14(12)19-16;/h4-5,8-11,15H,1-3,6-7,18H2;1H/t15-;/m0./s1. The van der Waals surface area contributed by atoms with Gasteiger partial charge in [0.1, 0.15) is 5.15 Å². The molecule has 0 spiro atoms. The monoisotopic (exact) mass is 310 g/mol. The molecule has 0 amide bonds. The molecule has 0 unspecified atom stereocenters. The number of rotatable bonds is 2. The summed E-state index contributed by atoms with van der Waals surface area (Å²) in [6, 6.07) is 10.2. The third kappa shape index (κ3) is 3.08. The Kier molecular flexibility index (Phi) is 5.25. The summed E-state index contributed by atoms with van der Waals surface area (Å²) >= 11 is 6.33. The molecular formula is C16H20Cl2N2. The minimum atomic E-state index is 0. The van der Waals surface area contributed by atoms with Crippen molar-refractivity contribution < 1.29 is 0 Å². The van der Waals surface area contributed by atoms with Crippen LogP contribution in [0.5, 0.6) is 0 Å². The average molecular weight is 311 g/mol. The van der Waals surface area contributed by atoms with Crippen LogP contribution >= 0.6 is 24.0 Å². The van der Waals surface area contributed by atoms with Crippen molar-refractivity contribution in [2.45, 2.75) is 38.1 Å². The SMILES string of the molecule is Cl.N[C@H](c1cc2ccccc2nc1Cl)C1CCCCC1. The molecular weight excluding hydrogens is 291 g/mol. The van der Waals surface area contributed by atoms with Crippen molar-refractivity contribution >= 4 is 34.9 Å². The Morgan fingerprint density at radius 2 is 1.85 bits per heavy atom. The smallest absolute Gasteiger partial charge is 0.134 e. The summed E-state index contributed by atoms with van der Waals surface area (Å²) in [6.45, 7) is 0. The van der Waals surface area contributed by atoms with Gasteiger partial charge in [-0.2, -0.15) is 0 Å². The van der Waals surface area contributed by atoms with Crippen LogP contribution in [0.1, 0.15) is 43.7 Å². The normalized spacial score (nSPS) is 17.7. The van der Waals surface area contributed by atoms with Gasteiger partial charge < -0.3 is 5.73 Å². The third-order valence-corrected chi connectivity index (χ3v) is 4.52. The summed E-state index contributed by atoms with van der Waals surface area (Å²) in [5.41, 5.74) is 8.38. The van der Waals surface area contributed by atoms with E-state index in [1.807, 2.05) is 18.2 Å². The number of nitrogens with two attached hydrogens (primary N) is 1. The number of nitrogens with zero attached hydrogens (tertiary/aromatic N) is 1. The van der Waals surface area contributed by atoms with E-state index in [4.69, 9.17) is 17.3 Å². The van der Waals surface area contributed by atoms with E-state index in [0.29, 0.717) is 11.1 Å². The van der Waals surface area contributed by atoms with Gasteiger partial charge in [0.2, 0.25) is 0 Å². The molecule has 0 aliphatic heterocycles. The molecule has 0 radical (unpaired) electrons. The third-order valence-electron chi connectivity index (χ3n) is 4.22. The van der Waals surface area contributed by atoms with E-state index in [9.17, 15) is 0 Å². The van der Waals surface area contributed by atoms with Crippen LogP contribution in [0.15, 0.2) is 30.3 Å². The number of hydrogen-bond donors (Lipinski definition) is 1. The zero-order chi connectivity index (χ0) is 13.2. The van der Waals surface area contributed by atoms with Crippen LogP contribution in [0.4, 0.5) is 0 Å². The van der Waals surface area contributed by atoms with E-state index < -0.39 is 0 Å². The van der Waals surface area contributed by atoms with Crippen LogP contribution in [0.3, 0.4) is 0 Å². The van der Waals surface area contributed by atoms with Gasteiger partial charge in [-0.15, -0.1) is 12.4 Å². The zero-order valence-electron chi connectivity index (χ0n) is 11.4. The highest BCUT2D eigenvalue weighted by Gasteiger charge is 2.24. The molecule has 1 saturated carbocycles. The van der Waals surface area contributed by atoms with Gasteiger partial charge in [-0.25, -0.2) is 4.98 Å². The van der Waals surface area contributed by atoms with Crippen LogP contribution in [0.25, 0.3) is 10.9 Å². The molecule has 1 atom stereocenters. The van der Waals surface area contributed by atoms with Gasteiger partial charge in [-0.3, -0.25) is 0 Å². The fourth-order valence-corrected chi connectivity index (χ4v) is 3.36. The second-order valence-electron chi connectivity index (χ2n) is 5.48. The summed E-state index contributed by atoms with van der Waals surface area (Å²) < 4.78 is 0. The fourth-order valence-electron chi connectivity index (χ4n) is 3.09. The fraction of sp³-hybridized carbons (Fsp3) is 0.438. The minimum absolute atomic E-state index is 0. The van der Waals surface area contributed by atoms with E-state index >= 15 is 0 Å². The molecule has 1 aliphatic rings. The van der Waals surface area contributed by atoms with Crippen LogP contribution in [-0.2, 0) is 0 Å². The minimum Gasteiger partial charge on any atom is -0.324 e. The van der Waals surface area contributed by atoms with Crippen molar-refractivity contribution in [2.24, 2.45) is 11.7 Å². The number of halogens is 2. The lowest BCUT2D eigenvalue weighted by atomic mass is 9.82. The molecule has 2 nitrogen and oxygen atoms in total. The predicted octanol–water partition coefficient (Wildman–Crippen LogP) is 4.89. The summed E-state index contributed by atoms with van der Waals surface area (Å²) in [5.74, 6) is 0.550. The molecule has 2 N–H and O–H groups in total. The molecule has 0 saturated heterocycles. The van der Waals surface area contributed by atoms with E-state index in [0.717, 1.165) is 16.5 Å². The van der Waals surface area contributed by atoms with Crippen molar-refractivity contribution in [1.82, 2.24) is 4.98 Å². The van der Waals surface area contributed by atoms with Crippen molar-refractivity contribution in [1.29, 1.82) is 0 Å². The molecule has 0 bridgehead atoms. The largest absolute Gasteiger partial charge is 0.324 e. The Labute approximate surface area is 131 Å². The maximum Gasteiger partial charge on any atom is 0.134 e. The van der Waals surface area contributed by atoms with Crippen LogP contribution in [0, 0.1) is 5.92 Å². The van der Waals surface area contributed by atoms with Crippen LogP contribution in [-0.4, -0.2) is 4.98 Å². The van der Waals surface area contributed by atoms with Crippen molar-refractivity contribution in [3.63, 3.8) is 0 Å². The Bertz CT molecular complexity index is 580. The number of hydrogen-bond acceptors (Lipinski definition) is 2. The van der Waals surface area contributed by atoms with Gasteiger partial charge in [0, 0.05) is 17.0 Å². The summed E-state index contributed by atoms with van der Waals surface area (Å²) in [7, 11) is 0. The van der Waals surface area contributed by atoms with Gasteiger partial charge in [0.15, 0.2) is 0 Å². The maximum absolute atomic E-state index is 6.44. The van der Waals surface area contributed by atoms with Crippen molar-refractivity contribution in [3.8, 4) is 0 Å².